The summed E-state index contributed by atoms with van der Waals surface area (Å²) in [5.41, 5.74) is 1.26. The summed E-state index contributed by atoms with van der Waals surface area (Å²) >= 11 is 0. The molecule has 4 rings (SSSR count). The fourth-order valence-corrected chi connectivity index (χ4v) is 2.77. The first-order chi connectivity index (χ1) is 10.8. The van der Waals surface area contributed by atoms with Gasteiger partial charge in [0.2, 0.25) is 0 Å². The number of hydrogen-bond donors (Lipinski definition) is 0. The van der Waals surface area contributed by atoms with E-state index >= 15 is 0 Å². The van der Waals surface area contributed by atoms with Crippen LogP contribution in [0.15, 0.2) is 78.9 Å². The summed E-state index contributed by atoms with van der Waals surface area (Å²) < 4.78 is 6.03. The third-order valence-corrected chi connectivity index (χ3v) is 3.92. The molecule has 106 valence electrons. The van der Waals surface area contributed by atoms with Gasteiger partial charge in [-0.25, -0.2) is 0 Å². The van der Waals surface area contributed by atoms with Gasteiger partial charge in [0, 0.05) is 0 Å². The summed E-state index contributed by atoms with van der Waals surface area (Å²) in [6.07, 6.45) is 0. The van der Waals surface area contributed by atoms with Gasteiger partial charge in [0.25, 0.3) is 0 Å². The maximum absolute atomic E-state index is 6.03. The van der Waals surface area contributed by atoms with Gasteiger partial charge in [0.05, 0.1) is 0 Å². The maximum atomic E-state index is 6.03. The minimum absolute atomic E-state index is 0.866. The van der Waals surface area contributed by atoms with Crippen molar-refractivity contribution < 1.29 is 4.74 Å². The van der Waals surface area contributed by atoms with Crippen LogP contribution >= 0.6 is 0 Å². The molecule has 1 heteroatoms. The highest BCUT2D eigenvalue weighted by atomic mass is 16.5. The van der Waals surface area contributed by atoms with E-state index in [0.29, 0.717) is 0 Å². The molecule has 0 aliphatic rings. The molecule has 0 amide bonds. The van der Waals surface area contributed by atoms with Crippen molar-refractivity contribution in [2.75, 3.05) is 0 Å². The van der Waals surface area contributed by atoms with Crippen LogP contribution in [0.1, 0.15) is 5.56 Å². The minimum Gasteiger partial charge on any atom is -0.457 e. The van der Waals surface area contributed by atoms with Crippen molar-refractivity contribution in [3.8, 4) is 11.5 Å². The van der Waals surface area contributed by atoms with Crippen molar-refractivity contribution in [1.82, 2.24) is 0 Å². The van der Waals surface area contributed by atoms with Crippen LogP contribution < -0.4 is 4.74 Å². The van der Waals surface area contributed by atoms with E-state index in [2.05, 4.69) is 67.6 Å². The smallest absolute Gasteiger partial charge is 0.128 e. The molecule has 4 aromatic rings. The number of rotatable bonds is 2. The molecular weight excluding hydrogens is 268 g/mol. The molecule has 0 bridgehead atoms. The van der Waals surface area contributed by atoms with Crippen LogP contribution in [0, 0.1) is 6.92 Å². The van der Waals surface area contributed by atoms with E-state index in [1.807, 2.05) is 18.2 Å². The summed E-state index contributed by atoms with van der Waals surface area (Å²) in [5, 5.41) is 4.86. The SMILES string of the molecule is Cc1ccc2ccc(Oc3ccc4ccccc4c3)cc2c1. The highest BCUT2D eigenvalue weighted by Gasteiger charge is 2.01. The van der Waals surface area contributed by atoms with E-state index in [9.17, 15) is 0 Å². The predicted molar refractivity (Wildman–Crippen MR) is 92.7 cm³/mol. The average molecular weight is 284 g/mol. The van der Waals surface area contributed by atoms with Gasteiger partial charge in [-0.2, -0.15) is 0 Å². The van der Waals surface area contributed by atoms with Crippen LogP contribution in [0.25, 0.3) is 21.5 Å². The largest absolute Gasteiger partial charge is 0.457 e. The van der Waals surface area contributed by atoms with Crippen LogP contribution in [0.2, 0.25) is 0 Å². The van der Waals surface area contributed by atoms with Crippen LogP contribution in [-0.4, -0.2) is 0 Å². The van der Waals surface area contributed by atoms with Gasteiger partial charge in [0.15, 0.2) is 0 Å². The Morgan fingerprint density at radius 1 is 0.545 bits per heavy atom. The standard InChI is InChI=1S/C21H16O/c1-15-6-7-17-9-11-21(14-19(17)12-15)22-20-10-8-16-4-2-3-5-18(16)13-20/h2-14H,1H3. The quantitative estimate of drug-likeness (QED) is 0.432. The second-order valence-electron chi connectivity index (χ2n) is 5.62. The molecule has 0 N–H and O–H groups in total. The van der Waals surface area contributed by atoms with Gasteiger partial charge in [-0.05, 0) is 52.7 Å². The van der Waals surface area contributed by atoms with E-state index < -0.39 is 0 Å². The highest BCUT2D eigenvalue weighted by molar-refractivity contribution is 5.85. The summed E-state index contributed by atoms with van der Waals surface area (Å²) in [5.74, 6) is 1.74. The van der Waals surface area contributed by atoms with E-state index in [4.69, 9.17) is 4.74 Å². The summed E-state index contributed by atoms with van der Waals surface area (Å²) in [6.45, 7) is 2.11. The molecule has 0 fully saturated rings. The molecule has 0 saturated carbocycles. The lowest BCUT2D eigenvalue weighted by Crippen LogP contribution is -1.85. The van der Waals surface area contributed by atoms with Crippen LogP contribution in [0.4, 0.5) is 0 Å². The number of ether oxygens (including phenoxy) is 1. The molecule has 0 aliphatic carbocycles. The van der Waals surface area contributed by atoms with Gasteiger partial charge in [-0.15, -0.1) is 0 Å². The lowest BCUT2D eigenvalue weighted by atomic mass is 10.1. The molecule has 0 aliphatic heterocycles. The lowest BCUT2D eigenvalue weighted by molar-refractivity contribution is 0.484. The fraction of sp³-hybridized carbons (Fsp3) is 0.0476. The molecule has 0 aromatic heterocycles. The van der Waals surface area contributed by atoms with E-state index in [1.54, 1.807) is 0 Å². The molecule has 0 heterocycles. The van der Waals surface area contributed by atoms with Crippen LogP contribution in [0.3, 0.4) is 0 Å². The van der Waals surface area contributed by atoms with Crippen molar-refractivity contribution in [1.29, 1.82) is 0 Å². The van der Waals surface area contributed by atoms with Crippen molar-refractivity contribution in [2.45, 2.75) is 6.92 Å². The molecule has 0 spiro atoms. The minimum atomic E-state index is 0.866. The second kappa shape index (κ2) is 5.19. The Balaban J connectivity index is 1.72. The Kier molecular flexibility index (Phi) is 3.05. The zero-order valence-electron chi connectivity index (χ0n) is 12.4. The van der Waals surface area contributed by atoms with E-state index in [-0.39, 0.29) is 0 Å². The normalized spacial score (nSPS) is 11.0. The summed E-state index contributed by atoms with van der Waals surface area (Å²) in [7, 11) is 0. The first kappa shape index (κ1) is 12.9. The van der Waals surface area contributed by atoms with Crippen LogP contribution in [-0.2, 0) is 0 Å². The molecular formula is C21H16O. The van der Waals surface area contributed by atoms with Gasteiger partial charge in [-0.1, -0.05) is 60.2 Å². The maximum Gasteiger partial charge on any atom is 0.128 e. The Morgan fingerprint density at radius 2 is 1.14 bits per heavy atom. The molecule has 1 nitrogen and oxygen atoms in total. The molecule has 22 heavy (non-hydrogen) atoms. The first-order valence-electron chi connectivity index (χ1n) is 7.45. The Bertz CT molecular complexity index is 970. The Labute approximate surface area is 129 Å². The van der Waals surface area contributed by atoms with Crippen molar-refractivity contribution in [3.63, 3.8) is 0 Å². The highest BCUT2D eigenvalue weighted by Crippen LogP contribution is 2.28. The monoisotopic (exact) mass is 284 g/mol. The fourth-order valence-electron chi connectivity index (χ4n) is 2.77. The number of aryl methyl sites for hydroxylation is 1. The van der Waals surface area contributed by atoms with E-state index in [1.165, 1.54) is 27.1 Å². The second-order valence-corrected chi connectivity index (χ2v) is 5.62. The lowest BCUT2D eigenvalue weighted by Gasteiger charge is -2.08. The number of fused-ring (bicyclic) bond motifs is 2. The zero-order valence-corrected chi connectivity index (χ0v) is 12.4. The first-order valence-corrected chi connectivity index (χ1v) is 7.45. The number of hydrogen-bond acceptors (Lipinski definition) is 1. The third kappa shape index (κ3) is 2.42. The topological polar surface area (TPSA) is 9.23 Å². The van der Waals surface area contributed by atoms with Crippen molar-refractivity contribution in [2.24, 2.45) is 0 Å². The van der Waals surface area contributed by atoms with E-state index in [0.717, 1.165) is 11.5 Å². The molecule has 0 atom stereocenters. The molecule has 0 radical (unpaired) electrons. The predicted octanol–water partition coefficient (Wildman–Crippen LogP) is 6.09. The van der Waals surface area contributed by atoms with Gasteiger partial charge >= 0.3 is 0 Å². The Hall–Kier alpha value is -2.80. The van der Waals surface area contributed by atoms with Crippen molar-refractivity contribution >= 4 is 21.5 Å². The Morgan fingerprint density at radius 3 is 1.91 bits per heavy atom. The van der Waals surface area contributed by atoms with Crippen LogP contribution in [0.5, 0.6) is 11.5 Å². The molecule has 4 aromatic carbocycles. The average Bonchev–Trinajstić information content (AvgIpc) is 2.54. The number of benzene rings is 4. The van der Waals surface area contributed by atoms with Gasteiger partial charge in [-0.3, -0.25) is 0 Å². The summed E-state index contributed by atoms with van der Waals surface area (Å²) in [4.78, 5) is 0. The third-order valence-electron chi connectivity index (χ3n) is 3.92. The van der Waals surface area contributed by atoms with Crippen molar-refractivity contribution in [3.05, 3.63) is 84.4 Å². The molecule has 0 saturated heterocycles. The van der Waals surface area contributed by atoms with Gasteiger partial charge in [0.1, 0.15) is 11.5 Å². The van der Waals surface area contributed by atoms with Gasteiger partial charge < -0.3 is 4.74 Å². The molecule has 0 unspecified atom stereocenters. The zero-order chi connectivity index (χ0) is 14.9. The summed E-state index contributed by atoms with van der Waals surface area (Å²) in [6, 6.07) is 27.2.